The van der Waals surface area contributed by atoms with Gasteiger partial charge >= 0.3 is 0 Å². The van der Waals surface area contributed by atoms with Crippen molar-refractivity contribution in [1.29, 1.82) is 0 Å². The highest BCUT2D eigenvalue weighted by Gasteiger charge is 2.18. The van der Waals surface area contributed by atoms with Crippen LogP contribution in [0, 0.1) is 0 Å². The van der Waals surface area contributed by atoms with Gasteiger partial charge in [0.25, 0.3) is 0 Å². The number of rotatable bonds is 5. The van der Waals surface area contributed by atoms with E-state index in [1.165, 1.54) is 12.8 Å². The van der Waals surface area contributed by atoms with Crippen LogP contribution in [0.4, 0.5) is 0 Å². The third-order valence-corrected chi connectivity index (χ3v) is 3.55. The molecule has 1 aromatic rings. The van der Waals surface area contributed by atoms with Gasteiger partial charge in [0.05, 0.1) is 6.54 Å². The average Bonchev–Trinajstić information content (AvgIpc) is 2.65. The molecule has 6 heteroatoms. The van der Waals surface area contributed by atoms with Crippen LogP contribution in [0.3, 0.4) is 0 Å². The van der Waals surface area contributed by atoms with E-state index < -0.39 is 0 Å². The molecule has 1 N–H and O–H groups in total. The highest BCUT2D eigenvalue weighted by atomic mass is 16.5. The Bertz CT molecular complexity index is 426. The number of ether oxygens (including phenoxy) is 1. The lowest BCUT2D eigenvalue weighted by Gasteiger charge is -2.13. The van der Waals surface area contributed by atoms with E-state index in [2.05, 4.69) is 20.1 Å². The second-order valence-corrected chi connectivity index (χ2v) is 4.85. The van der Waals surface area contributed by atoms with Gasteiger partial charge in [-0.15, -0.1) is 10.2 Å². The molecule has 2 heterocycles. The summed E-state index contributed by atoms with van der Waals surface area (Å²) >= 11 is 0. The Morgan fingerprint density at radius 3 is 3.00 bits per heavy atom. The molecule has 0 fully saturated rings. The fourth-order valence-corrected chi connectivity index (χ4v) is 2.42. The van der Waals surface area contributed by atoms with Crippen molar-refractivity contribution in [2.75, 3.05) is 7.11 Å². The summed E-state index contributed by atoms with van der Waals surface area (Å²) in [5, 5.41) is 11.3. The number of nitrogens with zero attached hydrogens (tertiary/aromatic N) is 3. The van der Waals surface area contributed by atoms with Crippen LogP contribution in [0.2, 0.25) is 0 Å². The third kappa shape index (κ3) is 3.32. The minimum absolute atomic E-state index is 0.0871. The summed E-state index contributed by atoms with van der Waals surface area (Å²) in [5.41, 5.74) is 0. The second kappa shape index (κ2) is 6.65. The van der Waals surface area contributed by atoms with E-state index in [1.807, 2.05) is 6.92 Å². The minimum Gasteiger partial charge on any atom is -0.372 e. The first kappa shape index (κ1) is 14.0. The minimum atomic E-state index is -0.383. The number of amides is 1. The van der Waals surface area contributed by atoms with E-state index in [1.54, 1.807) is 7.11 Å². The molecule has 0 bridgehead atoms. The molecule has 0 radical (unpaired) electrons. The fraction of sp³-hybridized carbons (Fsp3) is 0.769. The fourth-order valence-electron chi connectivity index (χ4n) is 2.42. The molecule has 0 aromatic carbocycles. The highest BCUT2D eigenvalue weighted by Crippen LogP contribution is 2.14. The zero-order valence-electron chi connectivity index (χ0n) is 11.7. The van der Waals surface area contributed by atoms with Gasteiger partial charge in [-0.3, -0.25) is 4.79 Å². The molecule has 0 aliphatic carbocycles. The van der Waals surface area contributed by atoms with Gasteiger partial charge in [0.2, 0.25) is 5.91 Å². The smallest absolute Gasteiger partial charge is 0.249 e. The molecule has 106 valence electrons. The van der Waals surface area contributed by atoms with Crippen LogP contribution in [-0.4, -0.2) is 33.9 Å². The van der Waals surface area contributed by atoms with Crippen LogP contribution in [0.15, 0.2) is 0 Å². The summed E-state index contributed by atoms with van der Waals surface area (Å²) in [5.74, 6) is 1.80. The van der Waals surface area contributed by atoms with Gasteiger partial charge in [-0.05, 0) is 19.3 Å². The molecule has 1 aliphatic heterocycles. The van der Waals surface area contributed by atoms with E-state index in [4.69, 9.17) is 4.74 Å². The Morgan fingerprint density at radius 2 is 2.26 bits per heavy atom. The number of hydrogen-bond acceptors (Lipinski definition) is 4. The van der Waals surface area contributed by atoms with E-state index in [9.17, 15) is 4.79 Å². The van der Waals surface area contributed by atoms with E-state index >= 15 is 0 Å². The monoisotopic (exact) mass is 266 g/mol. The number of aromatic nitrogens is 3. The molecular formula is C13H22N4O2. The molecule has 0 unspecified atom stereocenters. The molecule has 1 aromatic heterocycles. The molecule has 0 saturated heterocycles. The SMILES string of the molecule is CC[C@H](OC)C(=O)NCc1nnc2n1CCCCC2. The molecule has 1 amide bonds. The quantitative estimate of drug-likeness (QED) is 0.864. The number of fused-ring (bicyclic) bond motifs is 1. The Balaban J connectivity index is 1.96. The zero-order valence-corrected chi connectivity index (χ0v) is 11.7. The average molecular weight is 266 g/mol. The second-order valence-electron chi connectivity index (χ2n) is 4.85. The van der Waals surface area contributed by atoms with Gasteiger partial charge in [-0.25, -0.2) is 0 Å². The lowest BCUT2D eigenvalue weighted by atomic mass is 10.2. The predicted octanol–water partition coefficient (Wildman–Crippen LogP) is 1.05. The van der Waals surface area contributed by atoms with Gasteiger partial charge in [0, 0.05) is 20.1 Å². The largest absolute Gasteiger partial charge is 0.372 e. The van der Waals surface area contributed by atoms with E-state index in [0.717, 1.165) is 31.0 Å². The van der Waals surface area contributed by atoms with Gasteiger partial charge in [0.15, 0.2) is 5.82 Å². The predicted molar refractivity (Wildman–Crippen MR) is 70.5 cm³/mol. The van der Waals surface area contributed by atoms with Crippen LogP contribution >= 0.6 is 0 Å². The Hall–Kier alpha value is -1.43. The number of aryl methyl sites for hydroxylation is 1. The molecule has 0 spiro atoms. The van der Waals surface area contributed by atoms with Gasteiger partial charge in [0.1, 0.15) is 11.9 Å². The van der Waals surface area contributed by atoms with E-state index in [-0.39, 0.29) is 12.0 Å². The topological polar surface area (TPSA) is 69.0 Å². The van der Waals surface area contributed by atoms with Gasteiger partial charge < -0.3 is 14.6 Å². The summed E-state index contributed by atoms with van der Waals surface area (Å²) in [7, 11) is 1.55. The van der Waals surface area contributed by atoms with E-state index in [0.29, 0.717) is 13.0 Å². The highest BCUT2D eigenvalue weighted by molar-refractivity contribution is 5.80. The number of carbonyl (C=O) groups excluding carboxylic acids is 1. The van der Waals surface area contributed by atoms with Crippen molar-refractivity contribution >= 4 is 5.91 Å². The van der Waals surface area contributed by atoms with Crippen molar-refractivity contribution in [3.05, 3.63) is 11.6 Å². The molecule has 6 nitrogen and oxygen atoms in total. The van der Waals surface area contributed by atoms with Crippen molar-refractivity contribution in [3.8, 4) is 0 Å². The van der Waals surface area contributed by atoms with Crippen LogP contribution in [0.25, 0.3) is 0 Å². The van der Waals surface area contributed by atoms with Crippen LogP contribution in [-0.2, 0) is 29.0 Å². The van der Waals surface area contributed by atoms with Crippen LogP contribution < -0.4 is 5.32 Å². The number of hydrogen-bond donors (Lipinski definition) is 1. The first-order valence-electron chi connectivity index (χ1n) is 6.97. The van der Waals surface area contributed by atoms with Crippen LogP contribution in [0.5, 0.6) is 0 Å². The lowest BCUT2D eigenvalue weighted by molar-refractivity contribution is -0.131. The van der Waals surface area contributed by atoms with Crippen molar-refractivity contribution in [2.24, 2.45) is 0 Å². The first-order chi connectivity index (χ1) is 9.26. The Kier molecular flexibility index (Phi) is 4.90. The van der Waals surface area contributed by atoms with Crippen molar-refractivity contribution in [2.45, 2.75) is 58.2 Å². The zero-order chi connectivity index (χ0) is 13.7. The summed E-state index contributed by atoms with van der Waals surface area (Å²) in [4.78, 5) is 11.8. The Labute approximate surface area is 113 Å². The maximum Gasteiger partial charge on any atom is 0.249 e. The molecule has 1 atom stereocenters. The third-order valence-electron chi connectivity index (χ3n) is 3.55. The van der Waals surface area contributed by atoms with Crippen LogP contribution in [0.1, 0.15) is 44.3 Å². The number of nitrogens with one attached hydrogen (secondary N) is 1. The molecule has 2 rings (SSSR count). The summed E-state index contributed by atoms with van der Waals surface area (Å²) in [6.45, 7) is 3.30. The number of methoxy groups -OCH3 is 1. The van der Waals surface area contributed by atoms with Crippen molar-refractivity contribution < 1.29 is 9.53 Å². The van der Waals surface area contributed by atoms with Crippen molar-refractivity contribution in [3.63, 3.8) is 0 Å². The standard InChI is InChI=1S/C13H22N4O2/c1-3-10(19-2)13(18)14-9-12-16-15-11-7-5-4-6-8-17(11)12/h10H,3-9H2,1-2H3,(H,14,18)/t10-/m0/s1. The maximum atomic E-state index is 11.8. The summed E-state index contributed by atoms with van der Waals surface area (Å²) < 4.78 is 7.25. The van der Waals surface area contributed by atoms with Gasteiger partial charge in [-0.1, -0.05) is 13.3 Å². The van der Waals surface area contributed by atoms with Gasteiger partial charge in [-0.2, -0.15) is 0 Å². The first-order valence-corrected chi connectivity index (χ1v) is 6.97. The summed E-state index contributed by atoms with van der Waals surface area (Å²) in [6.07, 6.45) is 4.83. The molecule has 1 aliphatic rings. The summed E-state index contributed by atoms with van der Waals surface area (Å²) in [6, 6.07) is 0. The molecule has 19 heavy (non-hydrogen) atoms. The maximum absolute atomic E-state index is 11.8. The molecular weight excluding hydrogens is 244 g/mol. The molecule has 0 saturated carbocycles. The normalized spacial score (nSPS) is 16.5. The lowest BCUT2D eigenvalue weighted by Crippen LogP contribution is -2.35. The Morgan fingerprint density at radius 1 is 1.42 bits per heavy atom. The van der Waals surface area contributed by atoms with Crippen molar-refractivity contribution in [1.82, 2.24) is 20.1 Å². The number of carbonyl (C=O) groups is 1.